The van der Waals surface area contributed by atoms with Crippen molar-refractivity contribution in [1.82, 2.24) is 4.90 Å². The van der Waals surface area contributed by atoms with Crippen LogP contribution in [0.2, 0.25) is 0 Å². The number of carbonyl (C=O) groups is 2. The van der Waals surface area contributed by atoms with Crippen molar-refractivity contribution in [3.63, 3.8) is 0 Å². The number of aliphatic carboxylic acids is 1. The fourth-order valence-corrected chi connectivity index (χ4v) is 2.47. The Hall–Kier alpha value is -1.06. The van der Waals surface area contributed by atoms with E-state index in [-0.39, 0.29) is 24.2 Å². The second kappa shape index (κ2) is 6.62. The van der Waals surface area contributed by atoms with Crippen LogP contribution in [-0.4, -0.2) is 35.0 Å². The van der Waals surface area contributed by atoms with E-state index < -0.39 is 5.97 Å². The van der Waals surface area contributed by atoms with Gasteiger partial charge in [-0.05, 0) is 12.8 Å². The van der Waals surface area contributed by atoms with Gasteiger partial charge >= 0.3 is 5.97 Å². The lowest BCUT2D eigenvalue weighted by Gasteiger charge is -2.40. The summed E-state index contributed by atoms with van der Waals surface area (Å²) in [7, 11) is 0. The van der Waals surface area contributed by atoms with Crippen LogP contribution in [-0.2, 0) is 9.59 Å². The van der Waals surface area contributed by atoms with Crippen molar-refractivity contribution in [2.24, 2.45) is 11.8 Å². The quantitative estimate of drug-likeness (QED) is 0.743. The average molecular weight is 241 g/mol. The van der Waals surface area contributed by atoms with E-state index in [4.69, 9.17) is 5.11 Å². The van der Waals surface area contributed by atoms with Gasteiger partial charge in [-0.2, -0.15) is 0 Å². The third-order valence-corrected chi connectivity index (χ3v) is 3.36. The van der Waals surface area contributed by atoms with E-state index in [2.05, 4.69) is 13.8 Å². The molecule has 1 fully saturated rings. The molecule has 0 aromatic carbocycles. The first-order chi connectivity index (χ1) is 8.08. The van der Waals surface area contributed by atoms with Crippen LogP contribution < -0.4 is 0 Å². The first-order valence-corrected chi connectivity index (χ1v) is 6.59. The van der Waals surface area contributed by atoms with E-state index >= 15 is 0 Å². The molecule has 1 aliphatic rings. The molecule has 1 aliphatic heterocycles. The zero-order chi connectivity index (χ0) is 12.8. The molecule has 0 bridgehead atoms. The normalized spacial score (nSPS) is 16.1. The molecule has 0 spiro atoms. The van der Waals surface area contributed by atoms with Crippen molar-refractivity contribution < 1.29 is 14.7 Å². The maximum atomic E-state index is 12.1. The molecule has 4 heteroatoms. The largest absolute Gasteiger partial charge is 0.481 e. The van der Waals surface area contributed by atoms with Crippen LogP contribution in [0.5, 0.6) is 0 Å². The average Bonchev–Trinajstić information content (AvgIpc) is 2.21. The molecule has 0 atom stereocenters. The smallest absolute Gasteiger partial charge is 0.303 e. The molecule has 0 radical (unpaired) electrons. The van der Waals surface area contributed by atoms with Crippen LogP contribution >= 0.6 is 0 Å². The van der Waals surface area contributed by atoms with Gasteiger partial charge in [-0.3, -0.25) is 9.59 Å². The number of likely N-dealkylation sites (tertiary alicyclic amines) is 1. The van der Waals surface area contributed by atoms with Gasteiger partial charge in [0.15, 0.2) is 0 Å². The van der Waals surface area contributed by atoms with Gasteiger partial charge in [-0.15, -0.1) is 0 Å². The lowest BCUT2D eigenvalue weighted by atomic mass is 9.91. The minimum absolute atomic E-state index is 0.149. The lowest BCUT2D eigenvalue weighted by molar-refractivity contribution is -0.147. The number of hydrogen-bond acceptors (Lipinski definition) is 2. The van der Waals surface area contributed by atoms with Gasteiger partial charge in [0.25, 0.3) is 0 Å². The molecule has 17 heavy (non-hydrogen) atoms. The van der Waals surface area contributed by atoms with E-state index in [9.17, 15) is 9.59 Å². The topological polar surface area (TPSA) is 57.6 Å². The molecule has 0 saturated carbocycles. The van der Waals surface area contributed by atoms with Crippen molar-refractivity contribution >= 4 is 11.9 Å². The van der Waals surface area contributed by atoms with Crippen molar-refractivity contribution in [1.29, 1.82) is 0 Å². The highest BCUT2D eigenvalue weighted by Crippen LogP contribution is 2.24. The van der Waals surface area contributed by atoms with Gasteiger partial charge in [0.1, 0.15) is 0 Å². The van der Waals surface area contributed by atoms with Gasteiger partial charge in [0, 0.05) is 24.9 Å². The van der Waals surface area contributed by atoms with E-state index in [0.29, 0.717) is 13.1 Å². The summed E-state index contributed by atoms with van der Waals surface area (Å²) in [4.78, 5) is 24.5. The van der Waals surface area contributed by atoms with E-state index in [1.807, 2.05) is 4.90 Å². The molecule has 98 valence electrons. The number of carboxylic acid groups (broad SMARTS) is 1. The van der Waals surface area contributed by atoms with Gasteiger partial charge in [0.2, 0.25) is 5.91 Å². The Bertz CT molecular complexity index is 266. The fraction of sp³-hybridized carbons (Fsp3) is 0.846. The Kier molecular flexibility index (Phi) is 5.45. The van der Waals surface area contributed by atoms with Crippen molar-refractivity contribution in [3.8, 4) is 0 Å². The minimum Gasteiger partial charge on any atom is -0.481 e. The fourth-order valence-electron chi connectivity index (χ4n) is 2.47. The number of amides is 1. The number of carboxylic acids is 1. The third kappa shape index (κ3) is 4.02. The molecule has 0 aromatic heterocycles. The summed E-state index contributed by atoms with van der Waals surface area (Å²) in [6.45, 7) is 5.46. The SMILES string of the molecule is CCCC(CCC)C(=O)N1CC(CC(=O)O)C1. The molecule has 0 aromatic rings. The van der Waals surface area contributed by atoms with Crippen LogP contribution in [0.3, 0.4) is 0 Å². The molecule has 1 N–H and O–H groups in total. The molecule has 1 heterocycles. The zero-order valence-electron chi connectivity index (χ0n) is 10.8. The van der Waals surface area contributed by atoms with Crippen molar-refractivity contribution in [3.05, 3.63) is 0 Å². The summed E-state index contributed by atoms with van der Waals surface area (Å²) in [5.74, 6) is -0.216. The summed E-state index contributed by atoms with van der Waals surface area (Å²) in [6.07, 6.45) is 4.15. The van der Waals surface area contributed by atoms with Gasteiger partial charge in [-0.1, -0.05) is 26.7 Å². The van der Waals surface area contributed by atoms with Crippen molar-refractivity contribution in [2.75, 3.05) is 13.1 Å². The molecule has 1 amide bonds. The zero-order valence-corrected chi connectivity index (χ0v) is 10.8. The summed E-state index contributed by atoms with van der Waals surface area (Å²) in [5, 5.41) is 8.65. The second-order valence-electron chi connectivity index (χ2n) is 4.98. The van der Waals surface area contributed by atoms with Crippen LogP contribution in [0.4, 0.5) is 0 Å². The van der Waals surface area contributed by atoms with Crippen molar-refractivity contribution in [2.45, 2.75) is 46.0 Å². The maximum absolute atomic E-state index is 12.1. The molecule has 0 unspecified atom stereocenters. The van der Waals surface area contributed by atoms with Crippen LogP contribution in [0.25, 0.3) is 0 Å². The Morgan fingerprint density at radius 1 is 1.24 bits per heavy atom. The minimum atomic E-state index is -0.763. The van der Waals surface area contributed by atoms with E-state index in [1.54, 1.807) is 0 Å². The number of nitrogens with zero attached hydrogens (tertiary/aromatic N) is 1. The summed E-state index contributed by atoms with van der Waals surface area (Å²) >= 11 is 0. The Morgan fingerprint density at radius 2 is 1.76 bits per heavy atom. The summed E-state index contributed by atoms with van der Waals surface area (Å²) in [6, 6.07) is 0. The monoisotopic (exact) mass is 241 g/mol. The van der Waals surface area contributed by atoms with E-state index in [0.717, 1.165) is 25.7 Å². The molecule has 0 aliphatic carbocycles. The van der Waals surface area contributed by atoms with Crippen LogP contribution in [0, 0.1) is 11.8 Å². The number of carbonyl (C=O) groups excluding carboxylic acids is 1. The second-order valence-corrected chi connectivity index (χ2v) is 4.98. The third-order valence-electron chi connectivity index (χ3n) is 3.36. The first-order valence-electron chi connectivity index (χ1n) is 6.59. The summed E-state index contributed by atoms with van der Waals surface area (Å²) in [5.41, 5.74) is 0. The standard InChI is InChI=1S/C13H23NO3/c1-3-5-11(6-4-2)13(17)14-8-10(9-14)7-12(15)16/h10-11H,3-9H2,1-2H3,(H,15,16). The number of rotatable bonds is 7. The van der Waals surface area contributed by atoms with E-state index in [1.165, 1.54) is 0 Å². The van der Waals surface area contributed by atoms with Gasteiger partial charge in [-0.25, -0.2) is 0 Å². The maximum Gasteiger partial charge on any atom is 0.303 e. The van der Waals surface area contributed by atoms with Gasteiger partial charge < -0.3 is 10.0 Å². The lowest BCUT2D eigenvalue weighted by Crippen LogP contribution is -2.52. The predicted molar refractivity (Wildman–Crippen MR) is 65.6 cm³/mol. The first kappa shape index (κ1) is 14.0. The highest BCUT2D eigenvalue weighted by atomic mass is 16.4. The van der Waals surface area contributed by atoms with Crippen LogP contribution in [0.1, 0.15) is 46.0 Å². The Morgan fingerprint density at radius 3 is 2.18 bits per heavy atom. The highest BCUT2D eigenvalue weighted by molar-refractivity contribution is 5.80. The van der Waals surface area contributed by atoms with Crippen LogP contribution in [0.15, 0.2) is 0 Å². The molecule has 1 rings (SSSR count). The highest BCUT2D eigenvalue weighted by Gasteiger charge is 2.34. The number of hydrogen-bond donors (Lipinski definition) is 1. The Labute approximate surface area is 103 Å². The molecule has 4 nitrogen and oxygen atoms in total. The Balaban J connectivity index is 2.35. The summed E-state index contributed by atoms with van der Waals surface area (Å²) < 4.78 is 0. The molecular formula is C13H23NO3. The molecule has 1 saturated heterocycles. The molecular weight excluding hydrogens is 218 g/mol. The predicted octanol–water partition coefficient (Wildman–Crippen LogP) is 2.14. The van der Waals surface area contributed by atoms with Gasteiger partial charge in [0.05, 0.1) is 6.42 Å².